The molecule has 3 aromatic rings. The van der Waals surface area contributed by atoms with Crippen molar-refractivity contribution in [2.45, 2.75) is 6.61 Å². The first kappa shape index (κ1) is 11.4. The van der Waals surface area contributed by atoms with Crippen LogP contribution in [0.1, 0.15) is 5.69 Å². The number of aromatic hydroxyl groups is 1. The molecule has 96 valence electrons. The third-order valence-electron chi connectivity index (χ3n) is 2.75. The van der Waals surface area contributed by atoms with Gasteiger partial charge in [0.1, 0.15) is 23.8 Å². The molecule has 0 aliphatic rings. The van der Waals surface area contributed by atoms with Crippen LogP contribution in [0, 0.1) is 0 Å². The second kappa shape index (κ2) is 4.53. The minimum Gasteiger partial charge on any atom is -0.508 e. The number of hydrogen-bond acceptors (Lipinski definition) is 4. The Morgan fingerprint density at radius 2 is 1.89 bits per heavy atom. The number of rotatable bonds is 3. The van der Waals surface area contributed by atoms with Gasteiger partial charge < -0.3 is 20.0 Å². The number of nitrogen functional groups attached to an aromatic ring is 1. The van der Waals surface area contributed by atoms with Gasteiger partial charge in [0.05, 0.1) is 5.69 Å². The summed E-state index contributed by atoms with van der Waals surface area (Å²) in [4.78, 5) is 4.42. The number of hydrogen-bond donors (Lipinski definition) is 2. The van der Waals surface area contributed by atoms with E-state index in [2.05, 4.69) is 4.98 Å². The van der Waals surface area contributed by atoms with Gasteiger partial charge >= 0.3 is 0 Å². The average Bonchev–Trinajstić information content (AvgIpc) is 2.80. The summed E-state index contributed by atoms with van der Waals surface area (Å²) in [6, 6.07) is 10.3. The van der Waals surface area contributed by atoms with Gasteiger partial charge in [-0.1, -0.05) is 0 Å². The fourth-order valence-corrected chi connectivity index (χ4v) is 1.83. The standard InChI is InChI=1S/C14H13N3O2/c15-10-1-6-14-16-11(8-17(14)7-10)9-19-13-4-2-12(18)3-5-13/h1-8,18H,9,15H2. The molecule has 19 heavy (non-hydrogen) atoms. The van der Waals surface area contributed by atoms with Crippen molar-refractivity contribution in [3.05, 3.63) is 54.5 Å². The van der Waals surface area contributed by atoms with E-state index in [9.17, 15) is 5.11 Å². The summed E-state index contributed by atoms with van der Waals surface area (Å²) in [5, 5.41) is 9.18. The molecule has 0 amide bonds. The molecule has 0 radical (unpaired) electrons. The van der Waals surface area contributed by atoms with Gasteiger partial charge in [0, 0.05) is 18.1 Å². The number of fused-ring (bicyclic) bond motifs is 1. The molecule has 0 aliphatic heterocycles. The Hall–Kier alpha value is -2.69. The van der Waals surface area contributed by atoms with Crippen molar-refractivity contribution in [1.82, 2.24) is 9.38 Å². The first-order valence-corrected chi connectivity index (χ1v) is 5.86. The minimum atomic E-state index is 0.218. The van der Waals surface area contributed by atoms with E-state index in [0.29, 0.717) is 18.0 Å². The number of ether oxygens (including phenoxy) is 1. The highest BCUT2D eigenvalue weighted by molar-refractivity contribution is 5.48. The van der Waals surface area contributed by atoms with E-state index in [0.717, 1.165) is 11.3 Å². The normalized spacial score (nSPS) is 10.7. The van der Waals surface area contributed by atoms with Crippen molar-refractivity contribution in [2.24, 2.45) is 0 Å². The van der Waals surface area contributed by atoms with Gasteiger partial charge in [0.15, 0.2) is 0 Å². The van der Waals surface area contributed by atoms with Crippen LogP contribution in [0.4, 0.5) is 5.69 Å². The zero-order valence-electron chi connectivity index (χ0n) is 10.2. The molecule has 0 spiro atoms. The largest absolute Gasteiger partial charge is 0.508 e. The lowest BCUT2D eigenvalue weighted by Gasteiger charge is -2.03. The van der Waals surface area contributed by atoms with Crippen LogP contribution in [-0.2, 0) is 6.61 Å². The van der Waals surface area contributed by atoms with Gasteiger partial charge in [-0.3, -0.25) is 0 Å². The van der Waals surface area contributed by atoms with E-state index in [1.54, 1.807) is 24.3 Å². The summed E-state index contributed by atoms with van der Waals surface area (Å²) in [6.07, 6.45) is 3.69. The number of phenolic OH excluding ortho intramolecular Hbond substituents is 1. The molecule has 0 atom stereocenters. The molecular formula is C14H13N3O2. The SMILES string of the molecule is Nc1ccc2nc(COc3ccc(O)cc3)cn2c1. The molecule has 0 aliphatic carbocycles. The van der Waals surface area contributed by atoms with E-state index in [1.807, 2.05) is 28.9 Å². The number of aromatic nitrogens is 2. The Labute approximate surface area is 109 Å². The molecule has 5 heteroatoms. The summed E-state index contributed by atoms with van der Waals surface area (Å²) in [5.74, 6) is 0.907. The van der Waals surface area contributed by atoms with Gasteiger partial charge in [-0.25, -0.2) is 4.98 Å². The number of benzene rings is 1. The third-order valence-corrected chi connectivity index (χ3v) is 2.75. The Morgan fingerprint density at radius 1 is 1.11 bits per heavy atom. The quantitative estimate of drug-likeness (QED) is 0.752. The molecule has 3 N–H and O–H groups in total. The summed E-state index contributed by atoms with van der Waals surface area (Å²) in [5.41, 5.74) is 8.05. The lowest BCUT2D eigenvalue weighted by atomic mass is 10.3. The number of nitrogens with two attached hydrogens (primary N) is 1. The summed E-state index contributed by atoms with van der Waals surface area (Å²) in [6.45, 7) is 0.367. The van der Waals surface area contributed by atoms with E-state index in [1.165, 1.54) is 0 Å². The number of pyridine rings is 1. The second-order valence-corrected chi connectivity index (χ2v) is 4.24. The monoisotopic (exact) mass is 255 g/mol. The van der Waals surface area contributed by atoms with Crippen molar-refractivity contribution >= 4 is 11.3 Å². The Bertz CT molecular complexity index is 704. The van der Waals surface area contributed by atoms with Crippen LogP contribution in [0.15, 0.2) is 48.8 Å². The van der Waals surface area contributed by atoms with E-state index < -0.39 is 0 Å². The van der Waals surface area contributed by atoms with Crippen LogP contribution >= 0.6 is 0 Å². The number of phenols is 1. The van der Waals surface area contributed by atoms with Crippen LogP contribution in [0.5, 0.6) is 11.5 Å². The highest BCUT2D eigenvalue weighted by Crippen LogP contribution is 2.17. The number of nitrogens with zero attached hydrogens (tertiary/aromatic N) is 2. The lowest BCUT2D eigenvalue weighted by molar-refractivity contribution is 0.301. The van der Waals surface area contributed by atoms with Crippen LogP contribution in [0.25, 0.3) is 5.65 Å². The number of imidazole rings is 1. The zero-order valence-corrected chi connectivity index (χ0v) is 10.2. The van der Waals surface area contributed by atoms with Crippen molar-refractivity contribution in [2.75, 3.05) is 5.73 Å². The Balaban J connectivity index is 1.76. The van der Waals surface area contributed by atoms with Crippen LogP contribution in [-0.4, -0.2) is 14.5 Å². The first-order chi connectivity index (χ1) is 9.20. The van der Waals surface area contributed by atoms with Crippen LogP contribution in [0.2, 0.25) is 0 Å². The topological polar surface area (TPSA) is 72.8 Å². The molecule has 0 unspecified atom stereocenters. The summed E-state index contributed by atoms with van der Waals surface area (Å²) in [7, 11) is 0. The van der Waals surface area contributed by atoms with E-state index in [4.69, 9.17) is 10.5 Å². The molecule has 3 rings (SSSR count). The van der Waals surface area contributed by atoms with Crippen LogP contribution in [0.3, 0.4) is 0 Å². The smallest absolute Gasteiger partial charge is 0.137 e. The third kappa shape index (κ3) is 2.44. The van der Waals surface area contributed by atoms with Crippen molar-refractivity contribution in [3.8, 4) is 11.5 Å². The minimum absolute atomic E-state index is 0.218. The van der Waals surface area contributed by atoms with Crippen molar-refractivity contribution < 1.29 is 9.84 Å². The highest BCUT2D eigenvalue weighted by Gasteiger charge is 2.03. The summed E-state index contributed by atoms with van der Waals surface area (Å²) >= 11 is 0. The predicted molar refractivity (Wildman–Crippen MR) is 72.0 cm³/mol. The maximum absolute atomic E-state index is 9.18. The molecule has 5 nitrogen and oxygen atoms in total. The summed E-state index contributed by atoms with van der Waals surface area (Å²) < 4.78 is 7.45. The molecule has 0 saturated heterocycles. The lowest BCUT2D eigenvalue weighted by Crippen LogP contribution is -1.95. The van der Waals surface area contributed by atoms with Gasteiger partial charge in [-0.2, -0.15) is 0 Å². The van der Waals surface area contributed by atoms with Crippen molar-refractivity contribution in [3.63, 3.8) is 0 Å². The fourth-order valence-electron chi connectivity index (χ4n) is 1.83. The highest BCUT2D eigenvalue weighted by atomic mass is 16.5. The molecule has 0 fully saturated rings. The Morgan fingerprint density at radius 3 is 2.68 bits per heavy atom. The van der Waals surface area contributed by atoms with Gasteiger partial charge in [0.25, 0.3) is 0 Å². The van der Waals surface area contributed by atoms with Crippen LogP contribution < -0.4 is 10.5 Å². The zero-order chi connectivity index (χ0) is 13.2. The number of anilines is 1. The average molecular weight is 255 g/mol. The predicted octanol–water partition coefficient (Wildman–Crippen LogP) is 2.20. The maximum Gasteiger partial charge on any atom is 0.137 e. The van der Waals surface area contributed by atoms with Gasteiger partial charge in [0.2, 0.25) is 0 Å². The molecule has 0 bridgehead atoms. The van der Waals surface area contributed by atoms with E-state index in [-0.39, 0.29) is 5.75 Å². The second-order valence-electron chi connectivity index (χ2n) is 4.24. The molecule has 2 aromatic heterocycles. The fraction of sp³-hybridized carbons (Fsp3) is 0.0714. The molecule has 2 heterocycles. The first-order valence-electron chi connectivity index (χ1n) is 5.86. The maximum atomic E-state index is 9.18. The molecule has 1 aromatic carbocycles. The van der Waals surface area contributed by atoms with Crippen molar-refractivity contribution in [1.29, 1.82) is 0 Å². The van der Waals surface area contributed by atoms with E-state index >= 15 is 0 Å². The molecular weight excluding hydrogens is 242 g/mol. The Kier molecular flexibility index (Phi) is 2.72. The molecule has 0 saturated carbocycles. The van der Waals surface area contributed by atoms with Gasteiger partial charge in [-0.05, 0) is 36.4 Å². The van der Waals surface area contributed by atoms with Gasteiger partial charge in [-0.15, -0.1) is 0 Å².